The van der Waals surface area contributed by atoms with Gasteiger partial charge in [-0.05, 0) is 5.56 Å². The molecule has 1 aromatic carbocycles. The molecule has 1 N–H and O–H groups in total. The quantitative estimate of drug-likeness (QED) is 0.849. The van der Waals surface area contributed by atoms with Crippen LogP contribution in [-0.4, -0.2) is 40.3 Å². The normalized spacial score (nSPS) is 24.3. The highest BCUT2D eigenvalue weighted by atomic mass is 16.6. The number of carboxylic acid groups (broad SMARTS) is 1. The number of amides is 1. The Morgan fingerprint density at radius 2 is 1.96 bits per heavy atom. The first-order valence-electron chi connectivity index (χ1n) is 7.98. The number of cyclic esters (lactones) is 1. The lowest BCUT2D eigenvalue weighted by atomic mass is 9.93. The van der Waals surface area contributed by atoms with Crippen LogP contribution in [0.5, 0.6) is 0 Å². The lowest BCUT2D eigenvalue weighted by molar-refractivity contribution is -0.149. The molecule has 1 amide bonds. The first-order chi connectivity index (χ1) is 11.6. The highest BCUT2D eigenvalue weighted by Crippen LogP contribution is 2.34. The summed E-state index contributed by atoms with van der Waals surface area (Å²) in [5, 5.41) is 9.05. The van der Waals surface area contributed by atoms with E-state index >= 15 is 0 Å². The molecule has 0 aromatic heterocycles. The molecule has 130 valence electrons. The van der Waals surface area contributed by atoms with Crippen molar-refractivity contribution in [3.63, 3.8) is 0 Å². The van der Waals surface area contributed by atoms with E-state index in [0.717, 1.165) is 10.5 Å². The summed E-state index contributed by atoms with van der Waals surface area (Å²) in [6.07, 6.45) is -2.95. The topological polar surface area (TPSA) is 93.1 Å². The predicted molar refractivity (Wildman–Crippen MR) is 83.8 cm³/mol. The van der Waals surface area contributed by atoms with Gasteiger partial charge >= 0.3 is 18.0 Å². The van der Waals surface area contributed by atoms with E-state index in [2.05, 4.69) is 0 Å². The Bertz CT molecular complexity index is 671. The van der Waals surface area contributed by atoms with Crippen LogP contribution in [0.25, 0.3) is 0 Å². The number of rotatable bonds is 4. The zero-order chi connectivity index (χ0) is 18.8. The summed E-state index contributed by atoms with van der Waals surface area (Å²) in [6.45, 7) is 5.09. The van der Waals surface area contributed by atoms with E-state index in [1.807, 2.05) is 6.07 Å². The molecule has 0 unspecified atom stereocenters. The van der Waals surface area contributed by atoms with Crippen LogP contribution in [0.4, 0.5) is 4.79 Å². The van der Waals surface area contributed by atoms with Crippen molar-refractivity contribution in [3.8, 4) is 0 Å². The Balaban J connectivity index is 2.27. The number of benzene rings is 1. The first-order valence-corrected chi connectivity index (χ1v) is 7.48. The maximum Gasteiger partial charge on any atom is 0.413 e. The van der Waals surface area contributed by atoms with E-state index < -0.39 is 42.1 Å². The molecule has 7 nitrogen and oxygen atoms in total. The number of carbonyl (C=O) groups excluding carboxylic acids is 2. The maximum absolute atomic E-state index is 12.6. The van der Waals surface area contributed by atoms with Gasteiger partial charge in [0.05, 0.1) is 7.79 Å². The van der Waals surface area contributed by atoms with Gasteiger partial charge in [0.15, 0.2) is 6.23 Å². The third kappa shape index (κ3) is 4.04. The van der Waals surface area contributed by atoms with Gasteiger partial charge in [0.2, 0.25) is 0 Å². The number of hydrogen-bond acceptors (Lipinski definition) is 5. The zero-order valence-electron chi connectivity index (χ0n) is 14.8. The Morgan fingerprint density at radius 1 is 1.33 bits per heavy atom. The predicted octanol–water partition coefficient (Wildman–Crippen LogP) is 2.40. The highest BCUT2D eigenvalue weighted by Gasteiger charge is 2.51. The summed E-state index contributed by atoms with van der Waals surface area (Å²) in [5.74, 6) is -2.46. The average Bonchev–Trinajstić information content (AvgIpc) is 2.77. The molecule has 1 fully saturated rings. The van der Waals surface area contributed by atoms with Crippen LogP contribution in [0.2, 0.25) is 0 Å². The molecule has 1 saturated heterocycles. The van der Waals surface area contributed by atoms with Gasteiger partial charge in [-0.3, -0.25) is 9.69 Å². The molecule has 0 spiro atoms. The molecule has 1 aliphatic rings. The van der Waals surface area contributed by atoms with Gasteiger partial charge in [0, 0.05) is 5.41 Å². The third-order valence-electron chi connectivity index (χ3n) is 3.44. The van der Waals surface area contributed by atoms with Gasteiger partial charge < -0.3 is 14.6 Å². The third-order valence-corrected chi connectivity index (χ3v) is 3.44. The van der Waals surface area contributed by atoms with Crippen LogP contribution < -0.4 is 0 Å². The van der Waals surface area contributed by atoms with Gasteiger partial charge in [0.1, 0.15) is 12.6 Å². The van der Waals surface area contributed by atoms with E-state index in [4.69, 9.17) is 16.0 Å². The van der Waals surface area contributed by atoms with E-state index in [1.54, 1.807) is 45.0 Å². The second-order valence-corrected chi connectivity index (χ2v) is 6.55. The molecule has 0 saturated carbocycles. The minimum absolute atomic E-state index is 0.0651. The first kappa shape index (κ1) is 16.3. The molecule has 1 aromatic rings. The van der Waals surface area contributed by atoms with E-state index in [9.17, 15) is 14.4 Å². The molecule has 2 atom stereocenters. The van der Waals surface area contributed by atoms with Gasteiger partial charge in [-0.25, -0.2) is 9.59 Å². The number of carboxylic acids is 1. The van der Waals surface area contributed by atoms with Crippen molar-refractivity contribution in [1.29, 1.82) is 0 Å². The van der Waals surface area contributed by atoms with Crippen LogP contribution in [0.1, 0.15) is 34.1 Å². The Morgan fingerprint density at radius 3 is 2.50 bits per heavy atom. The van der Waals surface area contributed by atoms with Crippen molar-refractivity contribution < 1.29 is 30.3 Å². The van der Waals surface area contributed by atoms with Crippen molar-refractivity contribution in [2.75, 3.05) is 0 Å². The summed E-state index contributed by atoms with van der Waals surface area (Å²) in [4.78, 5) is 36.6. The summed E-state index contributed by atoms with van der Waals surface area (Å²) < 4.78 is 18.6. The van der Waals surface area contributed by atoms with Crippen LogP contribution in [0.15, 0.2) is 30.3 Å². The molecule has 0 bridgehead atoms. The van der Waals surface area contributed by atoms with Crippen LogP contribution in [-0.2, 0) is 25.7 Å². The molecule has 1 aliphatic heterocycles. The van der Waals surface area contributed by atoms with E-state index in [0.29, 0.717) is 0 Å². The summed E-state index contributed by atoms with van der Waals surface area (Å²) in [7, 11) is 0. The maximum atomic E-state index is 12.6. The van der Waals surface area contributed by atoms with E-state index in [1.165, 1.54) is 0 Å². The second kappa shape index (κ2) is 6.90. The smallest absolute Gasteiger partial charge is 0.413 e. The molecule has 0 aliphatic carbocycles. The number of carbonyl (C=O) groups is 3. The van der Waals surface area contributed by atoms with Crippen LogP contribution in [0.3, 0.4) is 0 Å². The van der Waals surface area contributed by atoms with Crippen molar-refractivity contribution in [1.82, 2.24) is 4.90 Å². The fraction of sp³-hybridized carbons (Fsp3) is 0.471. The number of aliphatic carboxylic acids is 1. The van der Waals surface area contributed by atoms with Crippen LogP contribution in [0, 0.1) is 5.41 Å². The lowest BCUT2D eigenvalue weighted by Crippen LogP contribution is -2.48. The van der Waals surface area contributed by atoms with Gasteiger partial charge in [0.25, 0.3) is 0 Å². The van der Waals surface area contributed by atoms with Crippen LogP contribution >= 0.6 is 0 Å². The molecule has 1 heterocycles. The summed E-state index contributed by atoms with van der Waals surface area (Å²) in [6, 6.07) is 6.52. The van der Waals surface area contributed by atoms with E-state index in [-0.39, 0.29) is 6.61 Å². The molecule has 24 heavy (non-hydrogen) atoms. The fourth-order valence-electron chi connectivity index (χ4n) is 2.32. The SMILES string of the molecule is [2H][C@]1(CC(=O)O)C(=O)O[C@@H](C(C)(C)C)N1C(=O)OCc1ccccc1. The largest absolute Gasteiger partial charge is 0.481 e. The Kier molecular flexibility index (Phi) is 4.69. The van der Waals surface area contributed by atoms with Crippen molar-refractivity contribution in [2.45, 2.75) is 46.0 Å². The molecule has 2 rings (SSSR count). The number of hydrogen-bond donors (Lipinski definition) is 1. The molecular formula is C17H21NO6. The number of ether oxygens (including phenoxy) is 2. The van der Waals surface area contributed by atoms with Gasteiger partial charge in [-0.15, -0.1) is 0 Å². The van der Waals surface area contributed by atoms with Gasteiger partial charge in [-0.2, -0.15) is 0 Å². The Labute approximate surface area is 141 Å². The number of nitrogens with zero attached hydrogens (tertiary/aromatic N) is 1. The fourth-order valence-corrected chi connectivity index (χ4v) is 2.32. The molecular weight excluding hydrogens is 314 g/mol. The van der Waals surface area contributed by atoms with Crippen molar-refractivity contribution in [3.05, 3.63) is 35.9 Å². The highest BCUT2D eigenvalue weighted by molar-refractivity contribution is 5.88. The van der Waals surface area contributed by atoms with Crippen molar-refractivity contribution >= 4 is 18.0 Å². The summed E-state index contributed by atoms with van der Waals surface area (Å²) in [5.41, 5.74) is 0.00587. The number of esters is 1. The zero-order valence-corrected chi connectivity index (χ0v) is 13.8. The van der Waals surface area contributed by atoms with Crippen molar-refractivity contribution in [2.24, 2.45) is 5.41 Å². The monoisotopic (exact) mass is 336 g/mol. The average molecular weight is 336 g/mol. The molecule has 0 radical (unpaired) electrons. The van der Waals surface area contributed by atoms with Gasteiger partial charge in [-0.1, -0.05) is 51.1 Å². The lowest BCUT2D eigenvalue weighted by Gasteiger charge is -2.33. The summed E-state index contributed by atoms with van der Waals surface area (Å²) >= 11 is 0. The minimum Gasteiger partial charge on any atom is -0.481 e. The Hall–Kier alpha value is -2.57. The standard InChI is InChI=1S/C17H21NO6/c1-17(2,3)15-18(12(9-13(19)20)14(21)24-15)16(22)23-10-11-7-5-4-6-8-11/h4-8,12,15H,9-10H2,1-3H3,(H,19,20)/t12-,15-/m0/s1/i12D. The molecule has 7 heteroatoms. The second-order valence-electron chi connectivity index (χ2n) is 6.55. The minimum atomic E-state index is -2.36.